The topological polar surface area (TPSA) is 46.5 Å². The number of aliphatic hydroxyl groups is 1. The molecule has 1 N–H and O–H groups in total. The fourth-order valence-corrected chi connectivity index (χ4v) is 6.21. The van der Waals surface area contributed by atoms with Crippen LogP contribution >= 0.6 is 0 Å². The Morgan fingerprint density at radius 3 is 1.94 bits per heavy atom. The highest BCUT2D eigenvalue weighted by atomic mass is 16.6. The molecule has 2 saturated heterocycles. The lowest BCUT2D eigenvalue weighted by Gasteiger charge is -2.47. The van der Waals surface area contributed by atoms with E-state index in [1.165, 1.54) is 51.5 Å². The number of hydrogen-bond acceptors (Lipinski definition) is 3. The number of piperidine rings is 1. The van der Waals surface area contributed by atoms with Gasteiger partial charge in [-0.15, -0.1) is 0 Å². The zero-order chi connectivity index (χ0) is 23.3. The Hall–Kier alpha value is -2.17. The average Bonchev–Trinajstić information content (AvgIpc) is 3.00. The molecule has 0 spiro atoms. The molecule has 0 radical (unpaired) electrons. The van der Waals surface area contributed by atoms with Crippen molar-refractivity contribution in [2.75, 3.05) is 13.6 Å². The quantitative estimate of drug-likeness (QED) is 0.292. The predicted molar refractivity (Wildman–Crippen MR) is 132 cm³/mol. The maximum Gasteiger partial charge on any atom is 0.347 e. The van der Waals surface area contributed by atoms with E-state index in [2.05, 4.69) is 14.0 Å². The van der Waals surface area contributed by atoms with Crippen LogP contribution < -0.4 is 0 Å². The normalized spacial score (nSPS) is 26.8. The molecular weight excluding hydrogens is 410 g/mol. The van der Waals surface area contributed by atoms with Gasteiger partial charge in [-0.3, -0.25) is 0 Å². The number of carbonyl (C=O) groups is 1. The Labute approximate surface area is 199 Å². The summed E-state index contributed by atoms with van der Waals surface area (Å²) in [5.41, 5.74) is -0.698. The third kappa shape index (κ3) is 4.88. The monoisotopic (exact) mass is 450 g/mol. The van der Waals surface area contributed by atoms with Crippen LogP contribution in [0.4, 0.5) is 0 Å². The Morgan fingerprint density at radius 1 is 0.909 bits per heavy atom. The molecule has 2 heterocycles. The summed E-state index contributed by atoms with van der Waals surface area (Å²) in [6.45, 7) is 3.49. The van der Waals surface area contributed by atoms with E-state index < -0.39 is 11.6 Å². The predicted octanol–water partition coefficient (Wildman–Crippen LogP) is 5.58. The molecule has 2 bridgehead atoms. The summed E-state index contributed by atoms with van der Waals surface area (Å²) >= 11 is 0. The first-order chi connectivity index (χ1) is 16.0. The number of rotatable bonds is 10. The third-order valence-corrected chi connectivity index (χ3v) is 8.27. The Morgan fingerprint density at radius 2 is 1.42 bits per heavy atom. The maximum absolute atomic E-state index is 13.5. The second-order valence-electron chi connectivity index (χ2n) is 10.3. The molecule has 0 aromatic heterocycles. The van der Waals surface area contributed by atoms with Crippen molar-refractivity contribution >= 4 is 5.97 Å². The van der Waals surface area contributed by atoms with Gasteiger partial charge in [0.05, 0.1) is 25.7 Å². The molecule has 0 amide bonds. The van der Waals surface area contributed by atoms with E-state index in [0.717, 1.165) is 17.3 Å². The van der Waals surface area contributed by atoms with E-state index in [1.807, 2.05) is 36.4 Å². The summed E-state index contributed by atoms with van der Waals surface area (Å²) in [4.78, 5) is 13.5. The molecule has 2 aromatic carbocycles. The molecular formula is C29H40NO3+. The van der Waals surface area contributed by atoms with Gasteiger partial charge < -0.3 is 14.3 Å². The summed E-state index contributed by atoms with van der Waals surface area (Å²) in [7, 11) is 2.42. The van der Waals surface area contributed by atoms with Crippen LogP contribution in [0.5, 0.6) is 0 Å². The van der Waals surface area contributed by atoms with Crippen LogP contribution in [0.1, 0.15) is 75.8 Å². The highest BCUT2D eigenvalue weighted by Gasteiger charge is 2.53. The number of ether oxygens (including phenoxy) is 1. The molecule has 4 rings (SSSR count). The van der Waals surface area contributed by atoms with Crippen LogP contribution in [0.2, 0.25) is 0 Å². The number of esters is 1. The molecule has 2 atom stereocenters. The number of benzene rings is 2. The first-order valence-electron chi connectivity index (χ1n) is 12.9. The van der Waals surface area contributed by atoms with Gasteiger partial charge in [0, 0.05) is 25.7 Å². The molecule has 2 fully saturated rings. The number of nitrogens with zero attached hydrogens (tertiary/aromatic N) is 1. The van der Waals surface area contributed by atoms with Crippen LogP contribution in [0.3, 0.4) is 0 Å². The Kier molecular flexibility index (Phi) is 7.55. The van der Waals surface area contributed by atoms with Crippen molar-refractivity contribution in [1.29, 1.82) is 0 Å². The van der Waals surface area contributed by atoms with Gasteiger partial charge >= 0.3 is 5.97 Å². The lowest BCUT2D eigenvalue weighted by molar-refractivity contribution is -0.949. The first kappa shape index (κ1) is 24.0. The number of quaternary nitrogens is 1. The van der Waals surface area contributed by atoms with Gasteiger partial charge in [-0.25, -0.2) is 4.79 Å². The lowest BCUT2D eigenvalue weighted by Crippen LogP contribution is -2.59. The van der Waals surface area contributed by atoms with Gasteiger partial charge in [0.15, 0.2) is 0 Å². The zero-order valence-corrected chi connectivity index (χ0v) is 20.3. The zero-order valence-electron chi connectivity index (χ0n) is 20.3. The Bertz CT molecular complexity index is 844. The van der Waals surface area contributed by atoms with Crippen LogP contribution in [0.25, 0.3) is 0 Å². The molecule has 4 nitrogen and oxygen atoms in total. The Balaban J connectivity index is 1.45. The number of hydrogen-bond donors (Lipinski definition) is 1. The van der Waals surface area contributed by atoms with E-state index >= 15 is 0 Å². The largest absolute Gasteiger partial charge is 0.459 e. The second kappa shape index (κ2) is 10.4. The van der Waals surface area contributed by atoms with Crippen molar-refractivity contribution in [2.45, 2.75) is 88.5 Å². The fourth-order valence-electron chi connectivity index (χ4n) is 6.21. The highest BCUT2D eigenvalue weighted by molar-refractivity contribution is 5.85. The number of unbranched alkanes of at least 4 members (excludes halogenated alkanes) is 4. The highest BCUT2D eigenvalue weighted by Crippen LogP contribution is 2.43. The van der Waals surface area contributed by atoms with Gasteiger partial charge in [-0.05, 0) is 24.0 Å². The molecule has 178 valence electrons. The standard InChI is InChI=1S/C29H40NO3/c1-3-4-5-6-13-20-30(2)25-18-19-26(30)22-27(21-25)33-28(31)29(32,23-14-9-7-10-15-23)24-16-11-8-12-17-24/h7-12,14-17,25-27,32H,3-6,13,18-22H2,1-2H3/q+1. The summed E-state index contributed by atoms with van der Waals surface area (Å²) in [6.07, 6.45) is 10.7. The van der Waals surface area contributed by atoms with Crippen molar-refractivity contribution in [3.8, 4) is 0 Å². The molecule has 0 saturated carbocycles. The van der Waals surface area contributed by atoms with Crippen LogP contribution in [-0.4, -0.2) is 47.3 Å². The third-order valence-electron chi connectivity index (χ3n) is 8.27. The minimum Gasteiger partial charge on any atom is -0.459 e. The van der Waals surface area contributed by atoms with E-state index in [9.17, 15) is 9.90 Å². The summed E-state index contributed by atoms with van der Waals surface area (Å²) in [6, 6.07) is 19.5. The van der Waals surface area contributed by atoms with Gasteiger partial charge in [-0.2, -0.15) is 0 Å². The molecule has 2 aliphatic heterocycles. The summed E-state index contributed by atoms with van der Waals surface area (Å²) in [5.74, 6) is -0.556. The summed E-state index contributed by atoms with van der Waals surface area (Å²) in [5, 5.41) is 11.7. The lowest BCUT2D eigenvalue weighted by atomic mass is 9.86. The van der Waals surface area contributed by atoms with E-state index in [-0.39, 0.29) is 6.10 Å². The average molecular weight is 451 g/mol. The SMILES string of the molecule is CCCCCCC[N+]1(C)C2CCC1CC(OC(=O)C(O)(c1ccccc1)c1ccccc1)C2. The molecule has 2 aromatic rings. The van der Waals surface area contributed by atoms with Crippen molar-refractivity contribution in [2.24, 2.45) is 0 Å². The molecule has 0 aliphatic carbocycles. The minimum atomic E-state index is -1.80. The maximum atomic E-state index is 13.5. The van der Waals surface area contributed by atoms with E-state index in [0.29, 0.717) is 23.2 Å². The van der Waals surface area contributed by atoms with Gasteiger partial charge in [-0.1, -0.05) is 86.8 Å². The fraction of sp³-hybridized carbons (Fsp3) is 0.552. The van der Waals surface area contributed by atoms with Gasteiger partial charge in [0.25, 0.3) is 0 Å². The molecule has 33 heavy (non-hydrogen) atoms. The van der Waals surface area contributed by atoms with Gasteiger partial charge in [0.2, 0.25) is 5.60 Å². The van der Waals surface area contributed by atoms with Crippen molar-refractivity contribution in [1.82, 2.24) is 0 Å². The first-order valence-corrected chi connectivity index (χ1v) is 12.9. The number of fused-ring (bicyclic) bond motifs is 2. The second-order valence-corrected chi connectivity index (χ2v) is 10.3. The molecule has 2 unspecified atom stereocenters. The van der Waals surface area contributed by atoms with Crippen LogP contribution in [0.15, 0.2) is 60.7 Å². The molecule has 4 heteroatoms. The minimum absolute atomic E-state index is 0.125. The van der Waals surface area contributed by atoms with Gasteiger partial charge in [0.1, 0.15) is 6.10 Å². The number of carbonyl (C=O) groups excluding carboxylic acids is 1. The van der Waals surface area contributed by atoms with Crippen molar-refractivity contribution < 1.29 is 19.1 Å². The van der Waals surface area contributed by atoms with Crippen LogP contribution in [0, 0.1) is 0 Å². The molecule has 2 aliphatic rings. The van der Waals surface area contributed by atoms with E-state index in [1.54, 1.807) is 24.3 Å². The van der Waals surface area contributed by atoms with E-state index in [4.69, 9.17) is 4.74 Å². The van der Waals surface area contributed by atoms with Crippen LogP contribution in [-0.2, 0) is 15.1 Å². The smallest absolute Gasteiger partial charge is 0.347 e. The summed E-state index contributed by atoms with van der Waals surface area (Å²) < 4.78 is 7.24. The van der Waals surface area contributed by atoms with Crippen molar-refractivity contribution in [3.05, 3.63) is 71.8 Å². The van der Waals surface area contributed by atoms with Crippen molar-refractivity contribution in [3.63, 3.8) is 0 Å².